The summed E-state index contributed by atoms with van der Waals surface area (Å²) in [6.07, 6.45) is 3.19. The van der Waals surface area contributed by atoms with Gasteiger partial charge in [0.2, 0.25) is 0 Å². The minimum atomic E-state index is -0.486. The zero-order valence-electron chi connectivity index (χ0n) is 10.9. The second kappa shape index (κ2) is 4.42. The minimum absolute atomic E-state index is 0.396. The zero-order chi connectivity index (χ0) is 11.7. The molecule has 0 aromatic heterocycles. The largest absolute Gasteiger partial charge is 0.388 e. The van der Waals surface area contributed by atoms with Crippen molar-refractivity contribution in [3.05, 3.63) is 0 Å². The summed E-state index contributed by atoms with van der Waals surface area (Å²) in [6, 6.07) is 0.455. The van der Waals surface area contributed by atoms with E-state index in [2.05, 4.69) is 39.9 Å². The predicted octanol–water partition coefficient (Wildman–Crippen LogP) is 2.56. The molecule has 2 atom stereocenters. The molecule has 2 nitrogen and oxygen atoms in total. The molecule has 0 spiro atoms. The summed E-state index contributed by atoms with van der Waals surface area (Å²) in [7, 11) is 0. The van der Waals surface area contributed by atoms with Crippen molar-refractivity contribution >= 4 is 0 Å². The molecular weight excluding hydrogens is 186 g/mol. The van der Waals surface area contributed by atoms with Crippen molar-refractivity contribution in [2.24, 2.45) is 11.3 Å². The second-order valence-electron chi connectivity index (χ2n) is 6.41. The third-order valence-corrected chi connectivity index (χ3v) is 3.83. The molecule has 0 heterocycles. The normalized spacial score (nSPS) is 35.8. The molecule has 0 saturated heterocycles. The van der Waals surface area contributed by atoms with Crippen molar-refractivity contribution in [2.75, 3.05) is 6.54 Å². The van der Waals surface area contributed by atoms with Crippen LogP contribution in [0.15, 0.2) is 0 Å². The maximum absolute atomic E-state index is 10.6. The smallest absolute Gasteiger partial charge is 0.0797 e. The molecule has 0 aromatic rings. The molecule has 1 saturated carbocycles. The number of hydrogen-bond donors (Lipinski definition) is 2. The molecule has 0 bridgehead atoms. The summed E-state index contributed by atoms with van der Waals surface area (Å²) in [5, 5.41) is 13.9. The molecule has 1 aliphatic carbocycles. The number of aliphatic hydroxyl groups is 1. The van der Waals surface area contributed by atoms with E-state index in [4.69, 9.17) is 0 Å². The Morgan fingerprint density at radius 1 is 1.33 bits per heavy atom. The van der Waals surface area contributed by atoms with E-state index in [9.17, 15) is 5.11 Å². The zero-order valence-corrected chi connectivity index (χ0v) is 10.9. The van der Waals surface area contributed by atoms with E-state index in [1.807, 2.05) is 0 Å². The molecular formula is C13H27NO. The quantitative estimate of drug-likeness (QED) is 0.755. The van der Waals surface area contributed by atoms with Crippen LogP contribution >= 0.6 is 0 Å². The summed E-state index contributed by atoms with van der Waals surface area (Å²) in [5.41, 5.74) is -0.0801. The van der Waals surface area contributed by atoms with Gasteiger partial charge in [0.05, 0.1) is 5.60 Å². The first kappa shape index (κ1) is 13.0. The van der Waals surface area contributed by atoms with Crippen LogP contribution in [0.5, 0.6) is 0 Å². The van der Waals surface area contributed by atoms with Gasteiger partial charge in [-0.1, -0.05) is 34.6 Å². The Kier molecular flexibility index (Phi) is 3.83. The fraction of sp³-hybridized carbons (Fsp3) is 1.00. The van der Waals surface area contributed by atoms with Crippen LogP contribution in [0.2, 0.25) is 0 Å². The standard InChI is InChI=1S/C13H27NO/c1-10(2)14-9-13(15)7-6-12(4,5)8-11(13)3/h10-11,14-15H,6-9H2,1-5H3. The molecule has 1 aliphatic rings. The van der Waals surface area contributed by atoms with Crippen LogP contribution in [0.25, 0.3) is 0 Å². The number of hydrogen-bond acceptors (Lipinski definition) is 2. The molecule has 1 rings (SSSR count). The molecule has 0 aliphatic heterocycles. The molecule has 2 heteroatoms. The lowest BCUT2D eigenvalue weighted by Crippen LogP contribution is -2.51. The van der Waals surface area contributed by atoms with Gasteiger partial charge in [-0.2, -0.15) is 0 Å². The van der Waals surface area contributed by atoms with Crippen LogP contribution in [0.4, 0.5) is 0 Å². The fourth-order valence-electron chi connectivity index (χ4n) is 2.57. The van der Waals surface area contributed by atoms with Gasteiger partial charge in [0, 0.05) is 12.6 Å². The lowest BCUT2D eigenvalue weighted by Gasteiger charge is -2.45. The SMILES string of the molecule is CC(C)NCC1(O)CCC(C)(C)CC1C. The number of rotatable bonds is 3. The van der Waals surface area contributed by atoms with Gasteiger partial charge in [-0.15, -0.1) is 0 Å². The average molecular weight is 213 g/mol. The third kappa shape index (κ3) is 3.46. The molecule has 0 radical (unpaired) electrons. The van der Waals surface area contributed by atoms with E-state index in [0.717, 1.165) is 25.8 Å². The molecule has 1 fully saturated rings. The van der Waals surface area contributed by atoms with Crippen molar-refractivity contribution in [3.8, 4) is 0 Å². The van der Waals surface area contributed by atoms with E-state index in [0.29, 0.717) is 17.4 Å². The van der Waals surface area contributed by atoms with Gasteiger partial charge in [0.1, 0.15) is 0 Å². The number of nitrogens with one attached hydrogen (secondary N) is 1. The minimum Gasteiger partial charge on any atom is -0.388 e. The Bertz CT molecular complexity index is 209. The Hall–Kier alpha value is -0.0800. The van der Waals surface area contributed by atoms with Gasteiger partial charge < -0.3 is 10.4 Å². The molecule has 90 valence electrons. The predicted molar refractivity (Wildman–Crippen MR) is 64.9 cm³/mol. The van der Waals surface area contributed by atoms with Gasteiger partial charge in [-0.25, -0.2) is 0 Å². The van der Waals surface area contributed by atoms with Crippen LogP contribution < -0.4 is 5.32 Å². The van der Waals surface area contributed by atoms with Crippen molar-refractivity contribution in [1.29, 1.82) is 0 Å². The molecule has 2 unspecified atom stereocenters. The highest BCUT2D eigenvalue weighted by Crippen LogP contribution is 2.43. The van der Waals surface area contributed by atoms with Gasteiger partial charge in [0.15, 0.2) is 0 Å². The summed E-state index contributed by atoms with van der Waals surface area (Å²) >= 11 is 0. The summed E-state index contributed by atoms with van der Waals surface area (Å²) in [5.74, 6) is 0.396. The molecule has 2 N–H and O–H groups in total. The van der Waals surface area contributed by atoms with Crippen LogP contribution in [0, 0.1) is 11.3 Å². The third-order valence-electron chi connectivity index (χ3n) is 3.83. The Morgan fingerprint density at radius 3 is 2.40 bits per heavy atom. The van der Waals surface area contributed by atoms with Gasteiger partial charge >= 0.3 is 0 Å². The van der Waals surface area contributed by atoms with E-state index in [-0.39, 0.29) is 0 Å². The van der Waals surface area contributed by atoms with Crippen LogP contribution in [-0.2, 0) is 0 Å². The van der Waals surface area contributed by atoms with Crippen molar-refractivity contribution < 1.29 is 5.11 Å². The van der Waals surface area contributed by atoms with Crippen LogP contribution in [-0.4, -0.2) is 23.3 Å². The first-order valence-corrected chi connectivity index (χ1v) is 6.21. The topological polar surface area (TPSA) is 32.3 Å². The van der Waals surface area contributed by atoms with E-state index in [1.165, 1.54) is 0 Å². The maximum atomic E-state index is 10.6. The monoisotopic (exact) mass is 213 g/mol. The first-order valence-electron chi connectivity index (χ1n) is 6.21. The average Bonchev–Trinajstić information content (AvgIpc) is 2.09. The summed E-state index contributed by atoms with van der Waals surface area (Å²) in [4.78, 5) is 0. The lowest BCUT2D eigenvalue weighted by molar-refractivity contribution is -0.0699. The summed E-state index contributed by atoms with van der Waals surface area (Å²) < 4.78 is 0. The molecule has 0 amide bonds. The molecule has 15 heavy (non-hydrogen) atoms. The van der Waals surface area contributed by atoms with Gasteiger partial charge in [-0.05, 0) is 30.6 Å². The van der Waals surface area contributed by atoms with Crippen molar-refractivity contribution in [1.82, 2.24) is 5.32 Å². The highest BCUT2D eigenvalue weighted by Gasteiger charge is 2.42. The van der Waals surface area contributed by atoms with Crippen molar-refractivity contribution in [2.45, 2.75) is 65.5 Å². The van der Waals surface area contributed by atoms with Gasteiger partial charge in [0.25, 0.3) is 0 Å². The van der Waals surface area contributed by atoms with E-state index in [1.54, 1.807) is 0 Å². The van der Waals surface area contributed by atoms with Crippen LogP contribution in [0.3, 0.4) is 0 Å². The Labute approximate surface area is 94.5 Å². The molecule has 0 aromatic carbocycles. The fourth-order valence-corrected chi connectivity index (χ4v) is 2.57. The van der Waals surface area contributed by atoms with Crippen molar-refractivity contribution in [3.63, 3.8) is 0 Å². The van der Waals surface area contributed by atoms with E-state index >= 15 is 0 Å². The van der Waals surface area contributed by atoms with Crippen LogP contribution in [0.1, 0.15) is 53.9 Å². The Balaban J connectivity index is 2.54. The summed E-state index contributed by atoms with van der Waals surface area (Å²) in [6.45, 7) is 11.8. The Morgan fingerprint density at radius 2 is 1.93 bits per heavy atom. The lowest BCUT2D eigenvalue weighted by atomic mass is 9.65. The van der Waals surface area contributed by atoms with Gasteiger partial charge in [-0.3, -0.25) is 0 Å². The maximum Gasteiger partial charge on any atom is 0.0797 e. The highest BCUT2D eigenvalue weighted by molar-refractivity contribution is 4.95. The highest BCUT2D eigenvalue weighted by atomic mass is 16.3. The first-order chi connectivity index (χ1) is 6.75. The van der Waals surface area contributed by atoms with E-state index < -0.39 is 5.60 Å². The second-order valence-corrected chi connectivity index (χ2v) is 6.41.